The zero-order chi connectivity index (χ0) is 9.26. The molecule has 13 heavy (non-hydrogen) atoms. The van der Waals surface area contributed by atoms with E-state index in [1.54, 1.807) is 0 Å². The highest BCUT2D eigenvalue weighted by molar-refractivity contribution is 5.99. The van der Waals surface area contributed by atoms with E-state index in [2.05, 4.69) is 0 Å². The molecule has 1 N–H and O–H groups in total. The molecule has 2 rings (SSSR count). The van der Waals surface area contributed by atoms with Crippen LogP contribution >= 0.6 is 0 Å². The minimum absolute atomic E-state index is 0.767. The molecule has 1 aliphatic rings. The number of carboxylic acids is 1. The van der Waals surface area contributed by atoms with Crippen molar-refractivity contribution in [2.75, 3.05) is 0 Å². The summed E-state index contributed by atoms with van der Waals surface area (Å²) in [5.41, 5.74) is 2.84. The molecule has 0 fully saturated rings. The molecule has 1 aliphatic carbocycles. The zero-order valence-corrected chi connectivity index (χ0v) is 6.90. The molecule has 2 heteroatoms. The first-order chi connectivity index (χ1) is 6.27. The van der Waals surface area contributed by atoms with Crippen molar-refractivity contribution < 1.29 is 9.90 Å². The fourth-order valence-corrected chi connectivity index (χ4v) is 1.43. The predicted molar refractivity (Wildman–Crippen MR) is 51.1 cm³/mol. The van der Waals surface area contributed by atoms with Crippen LogP contribution in [-0.2, 0) is 4.79 Å². The van der Waals surface area contributed by atoms with Crippen molar-refractivity contribution in [3.05, 3.63) is 47.5 Å². The first-order valence-electron chi connectivity index (χ1n) is 3.99. The summed E-state index contributed by atoms with van der Waals surface area (Å²) in [5, 5.41) is 8.59. The Labute approximate surface area is 75.8 Å². The average Bonchev–Trinajstić information content (AvgIpc) is 2.48. The lowest BCUT2D eigenvalue weighted by Crippen LogP contribution is -1.89. The second kappa shape index (κ2) is 2.90. The monoisotopic (exact) mass is 172 g/mol. The maximum Gasteiger partial charge on any atom is 0.328 e. The SMILES string of the molecule is O=C(O)C=C1C=Cc2ccccc21. The van der Waals surface area contributed by atoms with Gasteiger partial charge in [0.05, 0.1) is 0 Å². The maximum absolute atomic E-state index is 10.5. The molecule has 0 unspecified atom stereocenters. The molecular weight excluding hydrogens is 164 g/mol. The maximum atomic E-state index is 10.5. The smallest absolute Gasteiger partial charge is 0.328 e. The first-order valence-corrected chi connectivity index (χ1v) is 3.99. The predicted octanol–water partition coefficient (Wildman–Crippen LogP) is 2.18. The number of carbonyl (C=O) groups is 1. The summed E-state index contributed by atoms with van der Waals surface area (Å²) in [6.07, 6.45) is 4.96. The van der Waals surface area contributed by atoms with Crippen LogP contribution in [0.4, 0.5) is 0 Å². The lowest BCUT2D eigenvalue weighted by Gasteiger charge is -1.98. The van der Waals surface area contributed by atoms with Crippen LogP contribution in [0, 0.1) is 0 Å². The number of allylic oxidation sites excluding steroid dienone is 2. The van der Waals surface area contributed by atoms with Crippen LogP contribution in [0.15, 0.2) is 36.4 Å². The molecule has 0 saturated carbocycles. The van der Waals surface area contributed by atoms with E-state index in [1.807, 2.05) is 36.4 Å². The Morgan fingerprint density at radius 2 is 2.00 bits per heavy atom. The van der Waals surface area contributed by atoms with Crippen LogP contribution in [0.2, 0.25) is 0 Å². The van der Waals surface area contributed by atoms with Crippen molar-refractivity contribution >= 4 is 17.6 Å². The third-order valence-corrected chi connectivity index (χ3v) is 1.99. The molecule has 0 spiro atoms. The highest BCUT2D eigenvalue weighted by Crippen LogP contribution is 2.28. The highest BCUT2D eigenvalue weighted by atomic mass is 16.4. The molecule has 0 bridgehead atoms. The number of benzene rings is 1. The Balaban J connectivity index is 2.50. The Kier molecular flexibility index (Phi) is 1.74. The van der Waals surface area contributed by atoms with Gasteiger partial charge in [-0.1, -0.05) is 36.4 Å². The van der Waals surface area contributed by atoms with E-state index in [1.165, 1.54) is 6.08 Å². The Bertz CT molecular complexity index is 414. The summed E-state index contributed by atoms with van der Waals surface area (Å²) in [6, 6.07) is 7.73. The van der Waals surface area contributed by atoms with Crippen LogP contribution in [0.1, 0.15) is 11.1 Å². The standard InChI is InChI=1S/C11H8O2/c12-11(13)7-9-6-5-8-3-1-2-4-10(8)9/h1-7H,(H,12,13). The normalized spacial score (nSPS) is 16.2. The zero-order valence-electron chi connectivity index (χ0n) is 6.90. The van der Waals surface area contributed by atoms with Gasteiger partial charge in [0.15, 0.2) is 0 Å². The minimum atomic E-state index is -0.906. The van der Waals surface area contributed by atoms with Crippen LogP contribution in [0.3, 0.4) is 0 Å². The van der Waals surface area contributed by atoms with E-state index in [-0.39, 0.29) is 0 Å². The lowest BCUT2D eigenvalue weighted by atomic mass is 10.1. The topological polar surface area (TPSA) is 37.3 Å². The van der Waals surface area contributed by atoms with Crippen LogP contribution in [0.25, 0.3) is 11.6 Å². The fourth-order valence-electron chi connectivity index (χ4n) is 1.43. The summed E-state index contributed by atoms with van der Waals surface area (Å²) in [5.74, 6) is -0.906. The molecule has 0 radical (unpaired) electrons. The van der Waals surface area contributed by atoms with Gasteiger partial charge in [-0.05, 0) is 16.7 Å². The number of hydrogen-bond acceptors (Lipinski definition) is 1. The van der Waals surface area contributed by atoms with Gasteiger partial charge in [-0.2, -0.15) is 0 Å². The van der Waals surface area contributed by atoms with Gasteiger partial charge in [0.1, 0.15) is 0 Å². The van der Waals surface area contributed by atoms with Gasteiger partial charge in [0.25, 0.3) is 0 Å². The van der Waals surface area contributed by atoms with E-state index < -0.39 is 5.97 Å². The molecule has 0 atom stereocenters. The van der Waals surface area contributed by atoms with Gasteiger partial charge in [-0.25, -0.2) is 4.79 Å². The summed E-state index contributed by atoms with van der Waals surface area (Å²) in [6.45, 7) is 0. The first kappa shape index (κ1) is 7.80. The van der Waals surface area contributed by atoms with E-state index in [9.17, 15) is 4.79 Å². The average molecular weight is 172 g/mol. The fraction of sp³-hybridized carbons (Fsp3) is 0. The molecule has 0 aromatic heterocycles. The third-order valence-electron chi connectivity index (χ3n) is 1.99. The lowest BCUT2D eigenvalue weighted by molar-refractivity contribution is -0.131. The van der Waals surface area contributed by atoms with Crippen molar-refractivity contribution in [2.45, 2.75) is 0 Å². The molecule has 0 amide bonds. The Morgan fingerprint density at radius 1 is 1.23 bits per heavy atom. The quantitative estimate of drug-likeness (QED) is 0.659. The van der Waals surface area contributed by atoms with Crippen LogP contribution < -0.4 is 0 Å². The van der Waals surface area contributed by atoms with Crippen LogP contribution in [0.5, 0.6) is 0 Å². The van der Waals surface area contributed by atoms with Crippen molar-refractivity contribution in [3.8, 4) is 0 Å². The van der Waals surface area contributed by atoms with Gasteiger partial charge in [0.2, 0.25) is 0 Å². The van der Waals surface area contributed by atoms with Crippen LogP contribution in [-0.4, -0.2) is 11.1 Å². The summed E-state index contributed by atoms with van der Waals surface area (Å²) < 4.78 is 0. The number of rotatable bonds is 1. The van der Waals surface area contributed by atoms with E-state index in [0.717, 1.165) is 16.7 Å². The molecule has 1 aromatic rings. The number of hydrogen-bond donors (Lipinski definition) is 1. The second-order valence-electron chi connectivity index (χ2n) is 2.86. The number of fused-ring (bicyclic) bond motifs is 1. The Morgan fingerprint density at radius 3 is 2.77 bits per heavy atom. The summed E-state index contributed by atoms with van der Waals surface area (Å²) in [4.78, 5) is 10.5. The van der Waals surface area contributed by atoms with E-state index >= 15 is 0 Å². The molecule has 64 valence electrons. The largest absolute Gasteiger partial charge is 0.478 e. The van der Waals surface area contributed by atoms with Crippen molar-refractivity contribution in [1.82, 2.24) is 0 Å². The summed E-state index contributed by atoms with van der Waals surface area (Å²) >= 11 is 0. The van der Waals surface area contributed by atoms with E-state index in [0.29, 0.717) is 0 Å². The van der Waals surface area contributed by atoms with Gasteiger partial charge in [0, 0.05) is 6.08 Å². The van der Waals surface area contributed by atoms with Crippen molar-refractivity contribution in [1.29, 1.82) is 0 Å². The highest BCUT2D eigenvalue weighted by Gasteiger charge is 2.09. The second-order valence-corrected chi connectivity index (χ2v) is 2.86. The van der Waals surface area contributed by atoms with Gasteiger partial charge >= 0.3 is 5.97 Å². The molecule has 0 aliphatic heterocycles. The third kappa shape index (κ3) is 1.38. The van der Waals surface area contributed by atoms with Gasteiger partial charge < -0.3 is 5.11 Å². The number of carboxylic acid groups (broad SMARTS) is 1. The van der Waals surface area contributed by atoms with Crippen molar-refractivity contribution in [3.63, 3.8) is 0 Å². The molecule has 2 nitrogen and oxygen atoms in total. The summed E-state index contributed by atoms with van der Waals surface area (Å²) in [7, 11) is 0. The Hall–Kier alpha value is -1.83. The van der Waals surface area contributed by atoms with Gasteiger partial charge in [-0.15, -0.1) is 0 Å². The minimum Gasteiger partial charge on any atom is -0.478 e. The molecule has 0 heterocycles. The molecule has 0 saturated heterocycles. The molecule has 1 aromatic carbocycles. The van der Waals surface area contributed by atoms with E-state index in [4.69, 9.17) is 5.11 Å². The molecular formula is C11H8O2. The van der Waals surface area contributed by atoms with Crippen molar-refractivity contribution in [2.24, 2.45) is 0 Å². The number of aliphatic carboxylic acids is 1. The van der Waals surface area contributed by atoms with Gasteiger partial charge in [-0.3, -0.25) is 0 Å².